The van der Waals surface area contributed by atoms with Gasteiger partial charge in [-0.3, -0.25) is 4.90 Å². The summed E-state index contributed by atoms with van der Waals surface area (Å²) in [6.45, 7) is 7.31. The summed E-state index contributed by atoms with van der Waals surface area (Å²) in [4.78, 5) is 4.55. The number of benzene rings is 1. The van der Waals surface area contributed by atoms with Crippen molar-refractivity contribution < 1.29 is 4.74 Å². The summed E-state index contributed by atoms with van der Waals surface area (Å²) < 4.78 is 5.76. The van der Waals surface area contributed by atoms with E-state index < -0.39 is 5.60 Å². The second-order valence-corrected chi connectivity index (χ2v) is 9.12. The molecule has 2 heterocycles. The van der Waals surface area contributed by atoms with E-state index in [9.17, 15) is 5.26 Å². The van der Waals surface area contributed by atoms with Crippen molar-refractivity contribution in [1.29, 1.82) is 15.8 Å². The number of anilines is 1. The van der Waals surface area contributed by atoms with Crippen LogP contribution in [0.15, 0.2) is 52.8 Å². The highest BCUT2D eigenvalue weighted by molar-refractivity contribution is 7.99. The second-order valence-electron chi connectivity index (χ2n) is 7.73. The molecular formula is C23H23N5OS2. The topological polar surface area (TPSA) is 87.1 Å². The predicted molar refractivity (Wildman–Crippen MR) is 127 cm³/mol. The normalized spacial score (nSPS) is 18.6. The minimum absolute atomic E-state index is 0.0288. The van der Waals surface area contributed by atoms with E-state index >= 15 is 0 Å². The SMILES string of the molecule is CC1(C)OC(=C(C#N)C#N)C(C#N)=C1/C=C/c1ccc(N2CCN(C(S)S)CC2)cc1. The molecule has 0 unspecified atom stereocenters. The first-order chi connectivity index (χ1) is 14.8. The number of ether oxygens (including phenoxy) is 1. The van der Waals surface area contributed by atoms with Gasteiger partial charge in [0.1, 0.15) is 29.4 Å². The molecule has 0 saturated carbocycles. The zero-order valence-corrected chi connectivity index (χ0v) is 19.2. The van der Waals surface area contributed by atoms with Crippen molar-refractivity contribution in [2.45, 2.75) is 24.2 Å². The quantitative estimate of drug-likeness (QED) is 0.412. The molecule has 158 valence electrons. The van der Waals surface area contributed by atoms with E-state index in [4.69, 9.17) is 15.3 Å². The molecule has 31 heavy (non-hydrogen) atoms. The first-order valence-electron chi connectivity index (χ1n) is 9.82. The zero-order chi connectivity index (χ0) is 22.6. The molecule has 1 saturated heterocycles. The number of allylic oxidation sites excluding steroid dienone is 2. The lowest BCUT2D eigenvalue weighted by Crippen LogP contribution is -2.47. The van der Waals surface area contributed by atoms with Crippen LogP contribution in [0.4, 0.5) is 5.69 Å². The first-order valence-corrected chi connectivity index (χ1v) is 10.9. The Hall–Kier alpha value is -2.83. The molecule has 0 radical (unpaired) electrons. The Morgan fingerprint density at radius 3 is 2.16 bits per heavy atom. The first kappa shape index (κ1) is 22.8. The third kappa shape index (κ3) is 4.92. The van der Waals surface area contributed by atoms with Gasteiger partial charge in [0, 0.05) is 37.4 Å². The van der Waals surface area contributed by atoms with Crippen molar-refractivity contribution in [2.24, 2.45) is 0 Å². The molecule has 0 bridgehead atoms. The molecule has 1 aromatic carbocycles. The fourth-order valence-electron chi connectivity index (χ4n) is 3.67. The molecule has 0 spiro atoms. The summed E-state index contributed by atoms with van der Waals surface area (Å²) in [6.07, 6.45) is 3.73. The van der Waals surface area contributed by atoms with Gasteiger partial charge >= 0.3 is 0 Å². The van der Waals surface area contributed by atoms with Crippen LogP contribution in [0.25, 0.3) is 6.08 Å². The van der Waals surface area contributed by atoms with Crippen molar-refractivity contribution in [1.82, 2.24) is 4.90 Å². The summed E-state index contributed by atoms with van der Waals surface area (Å²) in [5.41, 5.74) is 1.99. The number of thiol groups is 2. The van der Waals surface area contributed by atoms with Gasteiger partial charge < -0.3 is 9.64 Å². The van der Waals surface area contributed by atoms with Crippen molar-refractivity contribution >= 4 is 37.0 Å². The fraction of sp³-hybridized carbons (Fsp3) is 0.348. The van der Waals surface area contributed by atoms with Gasteiger partial charge in [0.2, 0.25) is 0 Å². The summed E-state index contributed by atoms with van der Waals surface area (Å²) >= 11 is 8.76. The van der Waals surface area contributed by atoms with Gasteiger partial charge in [-0.15, -0.1) is 25.3 Å². The maximum absolute atomic E-state index is 9.62. The average Bonchev–Trinajstić information content (AvgIpc) is 3.03. The molecule has 2 aliphatic heterocycles. The standard InChI is InChI=1S/C23H23N5OS2/c1-23(2)20(19(15-26)21(29-23)17(13-24)14-25)8-5-16-3-6-18(7-4-16)27-9-11-28(12-10-27)22(30)31/h3-8,22,30-31H,9-12H2,1-2H3/b8-5+. The van der Waals surface area contributed by atoms with Crippen LogP contribution in [0.1, 0.15) is 19.4 Å². The van der Waals surface area contributed by atoms with Crippen LogP contribution in [0, 0.1) is 34.0 Å². The molecule has 2 aliphatic rings. The van der Waals surface area contributed by atoms with Gasteiger partial charge in [0.15, 0.2) is 11.3 Å². The van der Waals surface area contributed by atoms with Gasteiger partial charge in [-0.25, -0.2) is 0 Å². The maximum Gasteiger partial charge on any atom is 0.172 e. The Morgan fingerprint density at radius 1 is 1.03 bits per heavy atom. The molecule has 6 nitrogen and oxygen atoms in total. The third-order valence-corrected chi connectivity index (χ3v) is 6.06. The Balaban J connectivity index is 1.80. The summed E-state index contributed by atoms with van der Waals surface area (Å²) in [5, 5.41) is 27.9. The number of nitrogens with zero attached hydrogens (tertiary/aromatic N) is 5. The molecule has 8 heteroatoms. The van der Waals surface area contributed by atoms with E-state index in [1.807, 2.05) is 38.1 Å². The molecule has 1 aromatic rings. The molecule has 0 N–H and O–H groups in total. The molecule has 0 amide bonds. The van der Waals surface area contributed by atoms with Crippen molar-refractivity contribution in [3.63, 3.8) is 0 Å². The van der Waals surface area contributed by atoms with Crippen LogP contribution in [0.3, 0.4) is 0 Å². The summed E-state index contributed by atoms with van der Waals surface area (Å²) in [7, 11) is 0. The minimum atomic E-state index is -0.812. The van der Waals surface area contributed by atoms with E-state index in [-0.39, 0.29) is 21.6 Å². The number of piperazine rings is 1. The Bertz CT molecular complexity index is 1040. The monoisotopic (exact) mass is 449 g/mol. The molecule has 1 fully saturated rings. The summed E-state index contributed by atoms with van der Waals surface area (Å²) in [5.74, 6) is 0.0521. The van der Waals surface area contributed by atoms with Gasteiger partial charge in [0.25, 0.3) is 0 Å². The Morgan fingerprint density at radius 2 is 1.65 bits per heavy atom. The largest absolute Gasteiger partial charge is 0.480 e. The van der Waals surface area contributed by atoms with E-state index in [0.29, 0.717) is 5.57 Å². The minimum Gasteiger partial charge on any atom is -0.480 e. The van der Waals surface area contributed by atoms with E-state index in [1.54, 1.807) is 12.1 Å². The molecule has 3 rings (SSSR count). The predicted octanol–water partition coefficient (Wildman–Crippen LogP) is 3.90. The highest BCUT2D eigenvalue weighted by atomic mass is 32.2. The number of nitriles is 3. The van der Waals surface area contributed by atoms with Gasteiger partial charge in [0.05, 0.1) is 4.71 Å². The van der Waals surface area contributed by atoms with Crippen LogP contribution < -0.4 is 4.90 Å². The fourth-order valence-corrected chi connectivity index (χ4v) is 4.13. The molecule has 0 aliphatic carbocycles. The highest BCUT2D eigenvalue weighted by Gasteiger charge is 2.38. The Labute approximate surface area is 194 Å². The highest BCUT2D eigenvalue weighted by Crippen LogP contribution is 2.40. The van der Waals surface area contributed by atoms with Crippen LogP contribution in [0.5, 0.6) is 0 Å². The van der Waals surface area contributed by atoms with Crippen LogP contribution in [-0.4, -0.2) is 41.4 Å². The number of hydrogen-bond donors (Lipinski definition) is 2. The van der Waals surface area contributed by atoms with Gasteiger partial charge in [-0.05, 0) is 31.5 Å². The van der Waals surface area contributed by atoms with Crippen molar-refractivity contribution in [2.75, 3.05) is 31.1 Å². The van der Waals surface area contributed by atoms with Crippen LogP contribution in [-0.2, 0) is 4.74 Å². The maximum atomic E-state index is 9.62. The van der Waals surface area contributed by atoms with Crippen LogP contribution in [0.2, 0.25) is 0 Å². The number of hydrogen-bond acceptors (Lipinski definition) is 8. The zero-order valence-electron chi connectivity index (χ0n) is 17.4. The van der Waals surface area contributed by atoms with Gasteiger partial charge in [-0.1, -0.05) is 24.3 Å². The molecular weight excluding hydrogens is 426 g/mol. The van der Waals surface area contributed by atoms with Crippen LogP contribution >= 0.6 is 25.3 Å². The lowest BCUT2D eigenvalue weighted by atomic mass is 9.94. The van der Waals surface area contributed by atoms with E-state index in [2.05, 4.69) is 53.3 Å². The molecule has 0 atom stereocenters. The lowest BCUT2D eigenvalue weighted by Gasteiger charge is -2.37. The van der Waals surface area contributed by atoms with Crippen molar-refractivity contribution in [3.05, 3.63) is 58.4 Å². The van der Waals surface area contributed by atoms with E-state index in [1.165, 1.54) is 0 Å². The Kier molecular flexibility index (Phi) is 7.03. The number of rotatable bonds is 4. The third-order valence-electron chi connectivity index (χ3n) is 5.41. The second kappa shape index (κ2) is 9.54. The smallest absolute Gasteiger partial charge is 0.172 e. The lowest BCUT2D eigenvalue weighted by molar-refractivity contribution is 0.0954. The molecule has 0 aromatic heterocycles. The van der Waals surface area contributed by atoms with Crippen molar-refractivity contribution in [3.8, 4) is 18.2 Å². The van der Waals surface area contributed by atoms with Gasteiger partial charge in [-0.2, -0.15) is 15.8 Å². The summed E-state index contributed by atoms with van der Waals surface area (Å²) in [6, 6.07) is 13.9. The average molecular weight is 450 g/mol. The van der Waals surface area contributed by atoms with E-state index in [0.717, 1.165) is 37.4 Å².